The van der Waals surface area contributed by atoms with E-state index in [-0.39, 0.29) is 18.1 Å². The Bertz CT molecular complexity index is 446. The van der Waals surface area contributed by atoms with Crippen molar-refractivity contribution < 1.29 is 14.7 Å². The average molecular weight is 267 g/mol. The molecule has 0 atom stereocenters. The number of carbonyl (C=O) groups excluding carboxylic acids is 1. The van der Waals surface area contributed by atoms with Gasteiger partial charge in [-0.2, -0.15) is 11.8 Å². The number of carbonyl (C=O) groups is 2. The Morgan fingerprint density at radius 3 is 2.72 bits per heavy atom. The van der Waals surface area contributed by atoms with E-state index in [4.69, 9.17) is 5.11 Å². The second-order valence-electron chi connectivity index (χ2n) is 4.06. The molecule has 2 N–H and O–H groups in total. The van der Waals surface area contributed by atoms with E-state index in [9.17, 15) is 9.59 Å². The molecule has 1 amide bonds. The Labute approximate surface area is 111 Å². The minimum atomic E-state index is -0.836. The zero-order chi connectivity index (χ0) is 13.5. The lowest BCUT2D eigenvalue weighted by Crippen LogP contribution is -2.15. The molecule has 0 unspecified atom stereocenters. The van der Waals surface area contributed by atoms with Crippen molar-refractivity contribution in [3.05, 3.63) is 29.3 Å². The molecule has 1 aromatic rings. The lowest BCUT2D eigenvalue weighted by Gasteiger charge is -2.09. The van der Waals surface area contributed by atoms with Crippen molar-refractivity contribution in [2.24, 2.45) is 0 Å². The minimum absolute atomic E-state index is 0.0847. The highest BCUT2D eigenvalue weighted by atomic mass is 32.2. The van der Waals surface area contributed by atoms with E-state index in [1.54, 1.807) is 0 Å². The van der Waals surface area contributed by atoms with Crippen LogP contribution in [-0.2, 0) is 9.59 Å². The zero-order valence-electron chi connectivity index (χ0n) is 10.5. The van der Waals surface area contributed by atoms with Gasteiger partial charge in [0.2, 0.25) is 5.91 Å². The number of carboxylic acids is 1. The van der Waals surface area contributed by atoms with E-state index < -0.39 is 5.97 Å². The highest BCUT2D eigenvalue weighted by Gasteiger charge is 2.06. The molecule has 1 aromatic carbocycles. The molecule has 5 heteroatoms. The number of thioether (sulfide) groups is 1. The molecule has 0 saturated carbocycles. The summed E-state index contributed by atoms with van der Waals surface area (Å²) in [6.45, 7) is 3.91. The van der Waals surface area contributed by atoms with Crippen molar-refractivity contribution in [1.82, 2.24) is 0 Å². The Balaban J connectivity index is 2.40. The molecule has 98 valence electrons. The second-order valence-corrected chi connectivity index (χ2v) is 5.17. The lowest BCUT2D eigenvalue weighted by atomic mass is 10.1. The van der Waals surface area contributed by atoms with Gasteiger partial charge in [0.15, 0.2) is 0 Å². The molecule has 0 saturated heterocycles. The van der Waals surface area contributed by atoms with E-state index in [2.05, 4.69) is 5.32 Å². The predicted octanol–water partition coefficient (Wildman–Crippen LogP) is 2.45. The van der Waals surface area contributed by atoms with Crippen LogP contribution in [-0.4, -0.2) is 28.5 Å². The molecule has 0 aromatic heterocycles. The van der Waals surface area contributed by atoms with Crippen LogP contribution in [0.1, 0.15) is 17.5 Å². The van der Waals surface area contributed by atoms with Crippen LogP contribution >= 0.6 is 11.8 Å². The van der Waals surface area contributed by atoms with E-state index in [0.29, 0.717) is 5.75 Å². The van der Waals surface area contributed by atoms with Crippen LogP contribution in [0, 0.1) is 13.8 Å². The van der Waals surface area contributed by atoms with Gasteiger partial charge in [-0.25, -0.2) is 0 Å². The molecule has 0 aliphatic heterocycles. The first-order chi connectivity index (χ1) is 8.49. The van der Waals surface area contributed by atoms with Gasteiger partial charge in [0.1, 0.15) is 0 Å². The first-order valence-corrected chi connectivity index (χ1v) is 6.81. The third-order valence-electron chi connectivity index (χ3n) is 2.36. The summed E-state index contributed by atoms with van der Waals surface area (Å²) in [5.41, 5.74) is 2.93. The van der Waals surface area contributed by atoms with Gasteiger partial charge in [-0.15, -0.1) is 0 Å². The predicted molar refractivity (Wildman–Crippen MR) is 74.1 cm³/mol. The van der Waals surface area contributed by atoms with Crippen molar-refractivity contribution in [1.29, 1.82) is 0 Å². The molecule has 0 bridgehead atoms. The molecular formula is C13H17NO3S. The van der Waals surface area contributed by atoms with Gasteiger partial charge in [0.05, 0.1) is 12.2 Å². The Kier molecular flexibility index (Phi) is 5.71. The van der Waals surface area contributed by atoms with E-state index in [0.717, 1.165) is 16.8 Å². The monoisotopic (exact) mass is 267 g/mol. The number of rotatable bonds is 6. The molecule has 0 aliphatic rings. The van der Waals surface area contributed by atoms with Gasteiger partial charge in [-0.1, -0.05) is 12.1 Å². The summed E-state index contributed by atoms with van der Waals surface area (Å²) in [4.78, 5) is 21.9. The number of carboxylic acid groups (broad SMARTS) is 1. The molecule has 1 rings (SSSR count). The summed E-state index contributed by atoms with van der Waals surface area (Å²) in [7, 11) is 0. The third-order valence-corrected chi connectivity index (χ3v) is 3.32. The van der Waals surface area contributed by atoms with Gasteiger partial charge in [0.25, 0.3) is 0 Å². The number of anilines is 1. The number of hydrogen-bond acceptors (Lipinski definition) is 3. The summed E-state index contributed by atoms with van der Waals surface area (Å²) >= 11 is 1.33. The molecule has 0 spiro atoms. The highest BCUT2D eigenvalue weighted by Crippen LogP contribution is 2.16. The van der Waals surface area contributed by atoms with Gasteiger partial charge in [0, 0.05) is 11.4 Å². The van der Waals surface area contributed by atoms with Crippen LogP contribution in [0.5, 0.6) is 0 Å². The fourth-order valence-electron chi connectivity index (χ4n) is 1.38. The molecular weight excluding hydrogens is 250 g/mol. The largest absolute Gasteiger partial charge is 0.481 e. The van der Waals surface area contributed by atoms with Gasteiger partial charge >= 0.3 is 5.97 Å². The number of hydrogen-bond donors (Lipinski definition) is 2. The molecule has 0 aliphatic carbocycles. The number of nitrogens with one attached hydrogen (secondary N) is 1. The summed E-state index contributed by atoms with van der Waals surface area (Å²) < 4.78 is 0. The second kappa shape index (κ2) is 7.06. The van der Waals surface area contributed by atoms with Crippen molar-refractivity contribution in [2.45, 2.75) is 20.3 Å². The molecule has 0 fully saturated rings. The summed E-state index contributed by atoms with van der Waals surface area (Å²) in [6.07, 6.45) is 0.0847. The first kappa shape index (κ1) is 14.6. The number of aryl methyl sites for hydroxylation is 2. The van der Waals surface area contributed by atoms with Crippen LogP contribution in [0.25, 0.3) is 0 Å². The standard InChI is InChI=1S/C13H17NO3S/c1-9-3-4-10(2)11(7-9)14-12(15)8-18-6-5-13(16)17/h3-4,7H,5-6,8H2,1-2H3,(H,14,15)(H,16,17). The van der Waals surface area contributed by atoms with Crippen LogP contribution in [0.4, 0.5) is 5.69 Å². The first-order valence-electron chi connectivity index (χ1n) is 5.65. The maximum absolute atomic E-state index is 11.6. The van der Waals surface area contributed by atoms with E-state index in [1.807, 2.05) is 32.0 Å². The van der Waals surface area contributed by atoms with Crippen molar-refractivity contribution >= 4 is 29.3 Å². The van der Waals surface area contributed by atoms with E-state index in [1.165, 1.54) is 11.8 Å². The molecule has 0 heterocycles. The Morgan fingerprint density at radius 1 is 1.33 bits per heavy atom. The van der Waals surface area contributed by atoms with Crippen molar-refractivity contribution in [3.63, 3.8) is 0 Å². The SMILES string of the molecule is Cc1ccc(C)c(NC(=O)CSCCC(=O)O)c1. The number of amides is 1. The lowest BCUT2D eigenvalue weighted by molar-refractivity contribution is -0.136. The van der Waals surface area contributed by atoms with E-state index >= 15 is 0 Å². The van der Waals surface area contributed by atoms with Gasteiger partial charge in [-0.3, -0.25) is 9.59 Å². The van der Waals surface area contributed by atoms with Crippen LogP contribution in [0.3, 0.4) is 0 Å². The van der Waals surface area contributed by atoms with Crippen LogP contribution in [0.2, 0.25) is 0 Å². The van der Waals surface area contributed by atoms with Crippen molar-refractivity contribution in [3.8, 4) is 0 Å². The van der Waals surface area contributed by atoms with Crippen LogP contribution in [0.15, 0.2) is 18.2 Å². The third kappa shape index (κ3) is 5.23. The average Bonchev–Trinajstić information content (AvgIpc) is 2.29. The Morgan fingerprint density at radius 2 is 2.06 bits per heavy atom. The maximum Gasteiger partial charge on any atom is 0.304 e. The highest BCUT2D eigenvalue weighted by molar-refractivity contribution is 7.99. The molecule has 0 radical (unpaired) electrons. The summed E-state index contributed by atoms with van der Waals surface area (Å²) in [5, 5.41) is 11.3. The Hall–Kier alpha value is -1.49. The topological polar surface area (TPSA) is 66.4 Å². The minimum Gasteiger partial charge on any atom is -0.481 e. The maximum atomic E-state index is 11.6. The van der Waals surface area contributed by atoms with Gasteiger partial charge < -0.3 is 10.4 Å². The van der Waals surface area contributed by atoms with Crippen molar-refractivity contribution in [2.75, 3.05) is 16.8 Å². The summed E-state index contributed by atoms with van der Waals surface area (Å²) in [5.74, 6) is -0.201. The fourth-order valence-corrected chi connectivity index (χ4v) is 2.10. The zero-order valence-corrected chi connectivity index (χ0v) is 11.3. The van der Waals surface area contributed by atoms with Crippen LogP contribution < -0.4 is 5.32 Å². The summed E-state index contributed by atoms with van der Waals surface area (Å²) in [6, 6.07) is 5.88. The number of benzene rings is 1. The fraction of sp³-hybridized carbons (Fsp3) is 0.385. The number of aliphatic carboxylic acids is 1. The quantitative estimate of drug-likeness (QED) is 0.777. The smallest absolute Gasteiger partial charge is 0.304 e. The molecule has 4 nitrogen and oxygen atoms in total. The molecule has 18 heavy (non-hydrogen) atoms. The van der Waals surface area contributed by atoms with Gasteiger partial charge in [-0.05, 0) is 31.0 Å². The normalized spacial score (nSPS) is 10.1.